The number of likely N-dealkylation sites (N-methyl/N-ethyl adjacent to an activating group) is 1. The standard InChI is InChI=1S/C24H18ClFN2O2S/c1-15-8-11-18(12-9-15)31-22-21(27(2)16-6-4-3-5-7-16)23(29)28(24(22)30)17-10-13-20(26)19(25)14-17/h3-14H,1-2H3. The van der Waals surface area contributed by atoms with E-state index in [1.807, 2.05) is 61.5 Å². The topological polar surface area (TPSA) is 40.6 Å². The molecule has 0 saturated heterocycles. The molecule has 4 nitrogen and oxygen atoms in total. The molecule has 0 radical (unpaired) electrons. The van der Waals surface area contributed by atoms with Crippen molar-refractivity contribution in [2.24, 2.45) is 0 Å². The second-order valence-corrected chi connectivity index (χ2v) is 8.52. The van der Waals surface area contributed by atoms with Crippen LogP contribution in [0.2, 0.25) is 5.02 Å². The SMILES string of the molecule is Cc1ccc(SC2=C(N(C)c3ccccc3)C(=O)N(c3ccc(F)c(Cl)c3)C2=O)cc1. The Hall–Kier alpha value is -3.09. The first kappa shape index (κ1) is 21.2. The van der Waals surface area contributed by atoms with Crippen molar-refractivity contribution in [3.05, 3.63) is 99.8 Å². The summed E-state index contributed by atoms with van der Waals surface area (Å²) in [7, 11) is 1.74. The van der Waals surface area contributed by atoms with Gasteiger partial charge in [-0.15, -0.1) is 0 Å². The van der Waals surface area contributed by atoms with E-state index >= 15 is 0 Å². The number of carbonyl (C=O) groups is 2. The summed E-state index contributed by atoms with van der Waals surface area (Å²) in [5, 5.41) is -0.157. The lowest BCUT2D eigenvalue weighted by Crippen LogP contribution is -2.34. The van der Waals surface area contributed by atoms with Crippen molar-refractivity contribution >= 4 is 46.6 Å². The minimum atomic E-state index is -0.617. The highest BCUT2D eigenvalue weighted by atomic mass is 35.5. The first-order chi connectivity index (χ1) is 14.9. The molecule has 0 unspecified atom stereocenters. The monoisotopic (exact) mass is 452 g/mol. The van der Waals surface area contributed by atoms with E-state index in [-0.39, 0.29) is 16.4 Å². The zero-order valence-corrected chi connectivity index (χ0v) is 18.4. The number of nitrogens with zero attached hydrogens (tertiary/aromatic N) is 2. The lowest BCUT2D eigenvalue weighted by molar-refractivity contribution is -0.120. The van der Waals surface area contributed by atoms with Gasteiger partial charge in [0.25, 0.3) is 11.8 Å². The number of aryl methyl sites for hydroxylation is 1. The van der Waals surface area contributed by atoms with Crippen molar-refractivity contribution in [2.75, 3.05) is 16.8 Å². The summed E-state index contributed by atoms with van der Waals surface area (Å²) in [6, 6.07) is 20.8. The van der Waals surface area contributed by atoms with Crippen LogP contribution < -0.4 is 9.80 Å². The number of benzene rings is 3. The van der Waals surface area contributed by atoms with Gasteiger partial charge in [-0.1, -0.05) is 59.3 Å². The molecule has 0 spiro atoms. The molecule has 2 amide bonds. The van der Waals surface area contributed by atoms with Gasteiger partial charge in [0.2, 0.25) is 0 Å². The Morgan fingerprint density at radius 3 is 2.26 bits per heavy atom. The number of para-hydroxylation sites is 1. The molecule has 0 bridgehead atoms. The van der Waals surface area contributed by atoms with Crippen LogP contribution in [0.5, 0.6) is 0 Å². The molecule has 0 atom stereocenters. The molecular weight excluding hydrogens is 435 g/mol. The number of thioether (sulfide) groups is 1. The van der Waals surface area contributed by atoms with Crippen LogP contribution in [-0.2, 0) is 9.59 Å². The molecule has 7 heteroatoms. The number of halogens is 2. The summed E-state index contributed by atoms with van der Waals surface area (Å²) in [4.78, 5) is 30.7. The number of imide groups is 1. The molecule has 1 aliphatic rings. The summed E-state index contributed by atoms with van der Waals surface area (Å²) in [6.45, 7) is 1.98. The number of rotatable bonds is 5. The molecule has 4 rings (SSSR count). The molecular formula is C24H18ClFN2O2S. The van der Waals surface area contributed by atoms with Gasteiger partial charge in [-0.05, 0) is 49.4 Å². The van der Waals surface area contributed by atoms with Crippen LogP contribution in [0.25, 0.3) is 0 Å². The molecule has 1 aliphatic heterocycles. The average Bonchev–Trinajstić information content (AvgIpc) is 3.01. The summed E-state index contributed by atoms with van der Waals surface area (Å²) in [6.07, 6.45) is 0. The van der Waals surface area contributed by atoms with Crippen LogP contribution in [0.4, 0.5) is 15.8 Å². The highest BCUT2D eigenvalue weighted by molar-refractivity contribution is 8.04. The lowest BCUT2D eigenvalue weighted by Gasteiger charge is -2.21. The molecule has 0 fully saturated rings. The van der Waals surface area contributed by atoms with E-state index in [1.54, 1.807) is 11.9 Å². The van der Waals surface area contributed by atoms with Gasteiger partial charge >= 0.3 is 0 Å². The molecule has 0 N–H and O–H groups in total. The first-order valence-corrected chi connectivity index (χ1v) is 10.7. The molecule has 3 aromatic rings. The van der Waals surface area contributed by atoms with E-state index in [9.17, 15) is 14.0 Å². The Balaban J connectivity index is 1.80. The van der Waals surface area contributed by atoms with Crippen molar-refractivity contribution in [1.29, 1.82) is 0 Å². The van der Waals surface area contributed by atoms with Crippen molar-refractivity contribution in [3.8, 4) is 0 Å². The largest absolute Gasteiger partial charge is 0.339 e. The van der Waals surface area contributed by atoms with E-state index in [2.05, 4.69) is 0 Å². The van der Waals surface area contributed by atoms with Gasteiger partial charge in [-0.25, -0.2) is 9.29 Å². The van der Waals surface area contributed by atoms with Crippen LogP contribution >= 0.6 is 23.4 Å². The van der Waals surface area contributed by atoms with Crippen LogP contribution in [0.15, 0.2) is 88.3 Å². The van der Waals surface area contributed by atoms with Crippen LogP contribution in [0, 0.1) is 12.7 Å². The van der Waals surface area contributed by atoms with Crippen LogP contribution in [0.3, 0.4) is 0 Å². The van der Waals surface area contributed by atoms with E-state index in [4.69, 9.17) is 11.6 Å². The van der Waals surface area contributed by atoms with Crippen molar-refractivity contribution in [1.82, 2.24) is 0 Å². The summed E-state index contributed by atoms with van der Waals surface area (Å²) in [5.41, 5.74) is 2.33. The molecule has 156 valence electrons. The Morgan fingerprint density at radius 2 is 1.61 bits per heavy atom. The van der Waals surface area contributed by atoms with E-state index in [1.165, 1.54) is 23.9 Å². The second kappa shape index (κ2) is 8.57. The second-order valence-electron chi connectivity index (χ2n) is 7.03. The maximum atomic E-state index is 13.7. The zero-order valence-electron chi connectivity index (χ0n) is 16.8. The molecule has 31 heavy (non-hydrogen) atoms. The molecule has 0 saturated carbocycles. The van der Waals surface area contributed by atoms with E-state index < -0.39 is 17.6 Å². The van der Waals surface area contributed by atoms with Gasteiger partial charge in [0, 0.05) is 17.6 Å². The first-order valence-electron chi connectivity index (χ1n) is 9.48. The number of carbonyl (C=O) groups excluding carboxylic acids is 2. The Kier molecular flexibility index (Phi) is 5.85. The number of anilines is 2. The molecule has 1 heterocycles. The fourth-order valence-corrected chi connectivity index (χ4v) is 4.43. The Labute approximate surface area is 188 Å². The summed E-state index contributed by atoms with van der Waals surface area (Å²) in [5.74, 6) is -1.59. The predicted molar refractivity (Wildman–Crippen MR) is 123 cm³/mol. The minimum absolute atomic E-state index is 0.157. The zero-order chi connectivity index (χ0) is 22.1. The highest BCUT2D eigenvalue weighted by Gasteiger charge is 2.42. The maximum Gasteiger partial charge on any atom is 0.283 e. The van der Waals surface area contributed by atoms with Crippen molar-refractivity contribution in [3.63, 3.8) is 0 Å². The van der Waals surface area contributed by atoms with Gasteiger partial charge in [0.15, 0.2) is 0 Å². The van der Waals surface area contributed by atoms with Crippen LogP contribution in [0.1, 0.15) is 5.56 Å². The van der Waals surface area contributed by atoms with Gasteiger partial charge in [0.1, 0.15) is 16.4 Å². The van der Waals surface area contributed by atoms with Gasteiger partial charge < -0.3 is 4.90 Å². The predicted octanol–water partition coefficient (Wildman–Crippen LogP) is 5.80. The Bertz CT molecular complexity index is 1200. The number of hydrogen-bond donors (Lipinski definition) is 0. The third-order valence-electron chi connectivity index (χ3n) is 4.90. The van der Waals surface area contributed by atoms with Gasteiger partial charge in [0.05, 0.1) is 10.7 Å². The number of amides is 2. The van der Waals surface area contributed by atoms with Crippen molar-refractivity contribution in [2.45, 2.75) is 11.8 Å². The fraction of sp³-hybridized carbons (Fsp3) is 0.0833. The van der Waals surface area contributed by atoms with Crippen LogP contribution in [-0.4, -0.2) is 18.9 Å². The number of hydrogen-bond acceptors (Lipinski definition) is 4. The fourth-order valence-electron chi connectivity index (χ4n) is 3.25. The molecule has 0 aromatic heterocycles. The van der Waals surface area contributed by atoms with Crippen molar-refractivity contribution < 1.29 is 14.0 Å². The highest BCUT2D eigenvalue weighted by Crippen LogP contribution is 2.40. The quantitative estimate of drug-likeness (QED) is 0.459. The van der Waals surface area contributed by atoms with Gasteiger partial charge in [-0.2, -0.15) is 0 Å². The lowest BCUT2D eigenvalue weighted by atomic mass is 10.2. The third kappa shape index (κ3) is 4.09. The normalized spacial score (nSPS) is 13.9. The Morgan fingerprint density at radius 1 is 0.935 bits per heavy atom. The maximum absolute atomic E-state index is 13.7. The van der Waals surface area contributed by atoms with E-state index in [0.29, 0.717) is 4.91 Å². The third-order valence-corrected chi connectivity index (χ3v) is 6.27. The minimum Gasteiger partial charge on any atom is -0.339 e. The molecule has 3 aromatic carbocycles. The van der Waals surface area contributed by atoms with Gasteiger partial charge in [-0.3, -0.25) is 9.59 Å². The van der Waals surface area contributed by atoms with E-state index in [0.717, 1.165) is 27.1 Å². The molecule has 0 aliphatic carbocycles. The summed E-state index contributed by atoms with van der Waals surface area (Å²) >= 11 is 7.14. The summed E-state index contributed by atoms with van der Waals surface area (Å²) < 4.78 is 13.7. The smallest absolute Gasteiger partial charge is 0.283 e. The average molecular weight is 453 g/mol.